The first-order valence-corrected chi connectivity index (χ1v) is 11.5. The van der Waals surface area contributed by atoms with Crippen LogP contribution in [0.15, 0.2) is 43.8 Å². The number of allylic oxidation sites excluding steroid dienone is 3. The Balaban J connectivity index is 1.66. The molecule has 1 saturated heterocycles. The molecule has 0 aliphatic carbocycles. The summed E-state index contributed by atoms with van der Waals surface area (Å²) in [6.45, 7) is 15.3. The van der Waals surface area contributed by atoms with Gasteiger partial charge >= 0.3 is 0 Å². The van der Waals surface area contributed by atoms with E-state index in [1.807, 2.05) is 44.5 Å². The molecule has 6 heteroatoms. The van der Waals surface area contributed by atoms with Gasteiger partial charge in [-0.25, -0.2) is 4.98 Å². The lowest BCUT2D eigenvalue weighted by atomic mass is 10.0. The zero-order valence-electron chi connectivity index (χ0n) is 19.6. The average Bonchev–Trinajstić information content (AvgIpc) is 3.41. The van der Waals surface area contributed by atoms with Gasteiger partial charge in [-0.3, -0.25) is 15.0 Å². The molecule has 3 aromatic heterocycles. The van der Waals surface area contributed by atoms with E-state index in [9.17, 15) is 0 Å². The van der Waals surface area contributed by atoms with Crippen molar-refractivity contribution in [2.75, 3.05) is 13.1 Å². The molecular formula is C27H32N6. The number of piperidine rings is 1. The molecule has 4 heterocycles. The normalized spacial score (nSPS) is 16.1. The molecule has 0 atom stereocenters. The second-order valence-corrected chi connectivity index (χ2v) is 8.47. The van der Waals surface area contributed by atoms with E-state index in [4.69, 9.17) is 4.98 Å². The van der Waals surface area contributed by atoms with Gasteiger partial charge in [0.2, 0.25) is 0 Å². The number of imidazole rings is 1. The van der Waals surface area contributed by atoms with Crippen LogP contribution in [0.4, 0.5) is 0 Å². The van der Waals surface area contributed by atoms with Crippen LogP contribution in [0.1, 0.15) is 48.7 Å². The Morgan fingerprint density at radius 2 is 2.03 bits per heavy atom. The molecule has 0 amide bonds. The van der Waals surface area contributed by atoms with Crippen molar-refractivity contribution in [2.24, 2.45) is 0 Å². The van der Waals surface area contributed by atoms with Gasteiger partial charge in [0.15, 0.2) is 5.82 Å². The largest absolute Gasteiger partial charge is 0.340 e. The summed E-state index contributed by atoms with van der Waals surface area (Å²) in [5.74, 6) is 0.719. The zero-order chi connectivity index (χ0) is 23.2. The standard InChI is InChI=1S/C27H32N6/c1-5-7-11-25-20(4)29-27(30-25)26-23(24(6-2)31-32-26)14-19(3)22-15-21(16-28-17-22)18-33-12-9-8-10-13-33/h5-7,11,14-17,31H,1,3,8-10,12-13,18H2,2,4H3,(H,29,30)/b11-7-,23-14+,24-6+. The number of hydrogen-bond donors (Lipinski definition) is 2. The van der Waals surface area contributed by atoms with Crippen molar-refractivity contribution in [2.45, 2.75) is 39.7 Å². The molecule has 3 aromatic rings. The van der Waals surface area contributed by atoms with Gasteiger partial charge in [-0.15, -0.1) is 0 Å². The quantitative estimate of drug-likeness (QED) is 0.545. The minimum absolute atomic E-state index is 0.719. The first-order valence-electron chi connectivity index (χ1n) is 11.5. The Morgan fingerprint density at radius 3 is 2.79 bits per heavy atom. The van der Waals surface area contributed by atoms with E-state index in [1.54, 1.807) is 6.08 Å². The van der Waals surface area contributed by atoms with Crippen LogP contribution >= 0.6 is 0 Å². The summed E-state index contributed by atoms with van der Waals surface area (Å²) in [6, 6.07) is 2.20. The first-order chi connectivity index (χ1) is 16.1. The molecule has 6 nitrogen and oxygen atoms in total. The lowest BCUT2D eigenvalue weighted by molar-refractivity contribution is 0.220. The monoisotopic (exact) mass is 440 g/mol. The lowest BCUT2D eigenvalue weighted by Gasteiger charge is -2.26. The van der Waals surface area contributed by atoms with Crippen molar-refractivity contribution in [3.63, 3.8) is 0 Å². The topological polar surface area (TPSA) is 73.5 Å². The molecule has 1 fully saturated rings. The average molecular weight is 441 g/mol. The van der Waals surface area contributed by atoms with Gasteiger partial charge in [0.25, 0.3) is 0 Å². The Kier molecular flexibility index (Phi) is 7.15. The molecule has 1 aliphatic heterocycles. The van der Waals surface area contributed by atoms with E-state index in [1.165, 1.54) is 24.8 Å². The van der Waals surface area contributed by atoms with Gasteiger partial charge in [0.1, 0.15) is 5.69 Å². The molecule has 4 rings (SSSR count). The predicted octanol–water partition coefficient (Wildman–Crippen LogP) is 3.98. The molecule has 170 valence electrons. The maximum Gasteiger partial charge on any atom is 0.159 e. The van der Waals surface area contributed by atoms with Crippen LogP contribution in [0, 0.1) is 6.92 Å². The SMILES string of the molecule is C=C/C=C\c1nc(-c2n[nH]c(=C/C)/c2=C\C(=C)c2cncc(CN3CCCCC3)c2)[nH]c1C. The minimum Gasteiger partial charge on any atom is -0.340 e. The number of pyridine rings is 1. The van der Waals surface area contributed by atoms with E-state index in [0.29, 0.717) is 0 Å². The maximum atomic E-state index is 4.73. The van der Waals surface area contributed by atoms with Gasteiger partial charge in [-0.1, -0.05) is 37.8 Å². The van der Waals surface area contributed by atoms with Crippen LogP contribution in [-0.2, 0) is 6.54 Å². The fourth-order valence-corrected chi connectivity index (χ4v) is 4.20. The van der Waals surface area contributed by atoms with E-state index in [0.717, 1.165) is 64.2 Å². The Morgan fingerprint density at radius 1 is 1.21 bits per heavy atom. The van der Waals surface area contributed by atoms with E-state index < -0.39 is 0 Å². The minimum atomic E-state index is 0.719. The van der Waals surface area contributed by atoms with Crippen LogP contribution in [0.2, 0.25) is 0 Å². The summed E-state index contributed by atoms with van der Waals surface area (Å²) in [5, 5.41) is 9.55. The molecule has 0 bridgehead atoms. The van der Waals surface area contributed by atoms with Crippen LogP contribution < -0.4 is 10.6 Å². The van der Waals surface area contributed by atoms with Crippen molar-refractivity contribution in [3.8, 4) is 11.5 Å². The van der Waals surface area contributed by atoms with Crippen molar-refractivity contribution >= 4 is 23.8 Å². The highest BCUT2D eigenvalue weighted by Crippen LogP contribution is 2.18. The molecule has 0 saturated carbocycles. The number of nitrogens with zero attached hydrogens (tertiary/aromatic N) is 4. The van der Waals surface area contributed by atoms with E-state index >= 15 is 0 Å². The third-order valence-electron chi connectivity index (χ3n) is 6.00. The molecule has 1 aliphatic rings. The van der Waals surface area contributed by atoms with Crippen LogP contribution in [0.25, 0.3) is 35.3 Å². The second kappa shape index (κ2) is 10.4. The number of H-pyrrole nitrogens is 2. The molecule has 0 radical (unpaired) electrons. The van der Waals surface area contributed by atoms with Crippen LogP contribution in [-0.4, -0.2) is 43.1 Å². The van der Waals surface area contributed by atoms with Gasteiger partial charge in [0.05, 0.1) is 11.0 Å². The molecule has 0 unspecified atom stereocenters. The van der Waals surface area contributed by atoms with E-state index in [2.05, 4.69) is 50.4 Å². The second-order valence-electron chi connectivity index (χ2n) is 8.47. The zero-order valence-corrected chi connectivity index (χ0v) is 19.6. The smallest absolute Gasteiger partial charge is 0.159 e. The number of likely N-dealkylation sites (tertiary alicyclic amines) is 1. The van der Waals surface area contributed by atoms with Gasteiger partial charge < -0.3 is 4.98 Å². The van der Waals surface area contributed by atoms with Crippen molar-refractivity contribution in [1.82, 2.24) is 30.0 Å². The summed E-state index contributed by atoms with van der Waals surface area (Å²) >= 11 is 0. The number of aryl methyl sites for hydroxylation is 1. The first kappa shape index (κ1) is 22.7. The van der Waals surface area contributed by atoms with Gasteiger partial charge in [-0.2, -0.15) is 5.10 Å². The number of rotatable bonds is 7. The number of aromatic nitrogens is 5. The molecule has 0 aromatic carbocycles. The van der Waals surface area contributed by atoms with Gasteiger partial charge in [0, 0.05) is 29.9 Å². The highest BCUT2D eigenvalue weighted by molar-refractivity contribution is 5.87. The highest BCUT2D eigenvalue weighted by atomic mass is 15.1. The van der Waals surface area contributed by atoms with Crippen molar-refractivity contribution in [1.29, 1.82) is 0 Å². The summed E-state index contributed by atoms with van der Waals surface area (Å²) in [4.78, 5) is 15.1. The lowest BCUT2D eigenvalue weighted by Crippen LogP contribution is -2.29. The Hall–Kier alpha value is -3.51. The molecular weight excluding hydrogens is 408 g/mol. The molecule has 2 N–H and O–H groups in total. The van der Waals surface area contributed by atoms with Crippen molar-refractivity contribution < 1.29 is 0 Å². The summed E-state index contributed by atoms with van der Waals surface area (Å²) in [7, 11) is 0. The predicted molar refractivity (Wildman–Crippen MR) is 136 cm³/mol. The summed E-state index contributed by atoms with van der Waals surface area (Å²) < 4.78 is 0. The Labute approximate surface area is 195 Å². The number of hydrogen-bond acceptors (Lipinski definition) is 4. The fourth-order valence-electron chi connectivity index (χ4n) is 4.20. The van der Waals surface area contributed by atoms with Crippen LogP contribution in [0.3, 0.4) is 0 Å². The van der Waals surface area contributed by atoms with Crippen LogP contribution in [0.5, 0.6) is 0 Å². The third-order valence-corrected chi connectivity index (χ3v) is 6.00. The molecule has 0 spiro atoms. The Bertz CT molecular complexity index is 1280. The maximum absolute atomic E-state index is 4.73. The summed E-state index contributed by atoms with van der Waals surface area (Å²) in [6.07, 6.45) is 17.4. The summed E-state index contributed by atoms with van der Waals surface area (Å²) in [5.41, 5.74) is 5.75. The number of aromatic amines is 2. The van der Waals surface area contributed by atoms with Gasteiger partial charge in [-0.05, 0) is 74.7 Å². The molecule has 33 heavy (non-hydrogen) atoms. The number of nitrogens with one attached hydrogen (secondary N) is 2. The highest BCUT2D eigenvalue weighted by Gasteiger charge is 2.13. The third kappa shape index (κ3) is 5.29. The fraction of sp³-hybridized carbons (Fsp3) is 0.296. The van der Waals surface area contributed by atoms with E-state index in [-0.39, 0.29) is 0 Å². The van der Waals surface area contributed by atoms with Crippen molar-refractivity contribution in [3.05, 3.63) is 76.9 Å².